The quantitative estimate of drug-likeness (QED) is 0.122. The molecule has 56 heavy (non-hydrogen) atoms. The molecule has 16 nitrogen and oxygen atoms in total. The van der Waals surface area contributed by atoms with Crippen molar-refractivity contribution in [2.45, 2.75) is 154 Å². The number of nitrogens with zero attached hydrogens (tertiary/aromatic N) is 3. The highest BCUT2D eigenvalue weighted by Crippen LogP contribution is 2.31. The molecule has 3 heterocycles. The first-order valence-electron chi connectivity index (χ1n) is 21.3. The topological polar surface area (TPSA) is 210 Å². The number of hydrogen-bond donors (Lipinski definition) is 6. The van der Waals surface area contributed by atoms with Gasteiger partial charge >= 0.3 is 0 Å². The molecule has 4 rings (SSSR count). The smallest absolute Gasteiger partial charge is 0.245 e. The van der Waals surface area contributed by atoms with Crippen LogP contribution in [0.5, 0.6) is 0 Å². The van der Waals surface area contributed by atoms with Gasteiger partial charge in [0.25, 0.3) is 0 Å². The van der Waals surface area contributed by atoms with Crippen LogP contribution >= 0.6 is 0 Å². The zero-order valence-electron chi connectivity index (χ0n) is 34.1. The van der Waals surface area contributed by atoms with Gasteiger partial charge in [-0.1, -0.05) is 46.0 Å². The van der Waals surface area contributed by atoms with Crippen LogP contribution in [0.2, 0.25) is 0 Å². The molecule has 0 radical (unpaired) electrons. The number of hydrogen-bond acceptors (Lipinski definition) is 9. The summed E-state index contributed by atoms with van der Waals surface area (Å²) in [5.74, 6) is -2.17. The SMILES string of the molecule is CCCNC(=O)[C@@H](NC(=O)[C@@H]1CCCN1C(=O)[C@H](C)NC(=O)[C@@H]1CCCCN1C(=O)[C@H](CCC(=O)N1CCNCC1)NC(=O)C[C@H](C)C1CCCCC1)[C@@H](C)O. The second-order valence-corrected chi connectivity index (χ2v) is 16.4. The first kappa shape index (κ1) is 44.9. The van der Waals surface area contributed by atoms with Crippen molar-refractivity contribution in [1.29, 1.82) is 0 Å². The highest BCUT2D eigenvalue weighted by molar-refractivity contribution is 5.97. The number of carbonyl (C=O) groups excluding carboxylic acids is 7. The number of rotatable bonds is 17. The predicted molar refractivity (Wildman–Crippen MR) is 210 cm³/mol. The van der Waals surface area contributed by atoms with Gasteiger partial charge in [-0.05, 0) is 70.6 Å². The summed E-state index contributed by atoms with van der Waals surface area (Å²) in [6.45, 7) is 10.4. The van der Waals surface area contributed by atoms with Crippen molar-refractivity contribution in [1.82, 2.24) is 41.3 Å². The van der Waals surface area contributed by atoms with Gasteiger partial charge < -0.3 is 46.4 Å². The molecule has 0 spiro atoms. The summed E-state index contributed by atoms with van der Waals surface area (Å²) >= 11 is 0. The number of likely N-dealkylation sites (tertiary alicyclic amines) is 2. The Morgan fingerprint density at radius 1 is 0.732 bits per heavy atom. The zero-order chi connectivity index (χ0) is 40.8. The van der Waals surface area contributed by atoms with E-state index in [0.717, 1.165) is 25.7 Å². The molecule has 16 heteroatoms. The Balaban J connectivity index is 1.41. The molecular weight excluding hydrogens is 720 g/mol. The second-order valence-electron chi connectivity index (χ2n) is 16.4. The Hall–Kier alpha value is -3.79. The maximum Gasteiger partial charge on any atom is 0.245 e. The molecule has 1 saturated carbocycles. The Bertz CT molecular complexity index is 1370. The molecular formula is C40H68N8O8. The van der Waals surface area contributed by atoms with E-state index < -0.39 is 65.8 Å². The third kappa shape index (κ3) is 12.6. The second kappa shape index (κ2) is 22.2. The third-order valence-electron chi connectivity index (χ3n) is 12.0. The van der Waals surface area contributed by atoms with Crippen LogP contribution in [0.25, 0.3) is 0 Å². The van der Waals surface area contributed by atoms with Crippen molar-refractivity contribution < 1.29 is 38.7 Å². The average molecular weight is 789 g/mol. The van der Waals surface area contributed by atoms with E-state index in [1.807, 2.05) is 6.92 Å². The van der Waals surface area contributed by atoms with Gasteiger partial charge in [-0.25, -0.2) is 0 Å². The highest BCUT2D eigenvalue weighted by atomic mass is 16.3. The number of amides is 7. The Morgan fingerprint density at radius 2 is 1.34 bits per heavy atom. The Labute approximate surface area is 332 Å². The number of piperazine rings is 1. The van der Waals surface area contributed by atoms with Crippen LogP contribution in [0.15, 0.2) is 0 Å². The van der Waals surface area contributed by atoms with Gasteiger partial charge in [-0.2, -0.15) is 0 Å². The maximum atomic E-state index is 14.3. The lowest BCUT2D eigenvalue weighted by Crippen LogP contribution is -2.60. The number of aliphatic hydroxyl groups excluding tert-OH is 1. The van der Waals surface area contributed by atoms with Crippen molar-refractivity contribution >= 4 is 41.4 Å². The lowest BCUT2D eigenvalue weighted by atomic mass is 9.79. The standard InChI is InChI=1S/C40H68N8O8/c1-5-18-42-38(54)35(28(4)49)45-37(53)32-15-11-22-47(32)39(55)27(3)43-36(52)31-14-9-10-21-48(31)40(56)30(16-17-34(51)46-23-19-41-20-24-46)44-33(50)25-26(2)29-12-7-6-8-13-29/h26-32,35,41,49H,5-25H2,1-4H3,(H,42,54)(H,43,52)(H,44,50)(H,45,53)/t26-,27-,28+,30-,31-,32-,35-/m0/s1. The van der Waals surface area contributed by atoms with Gasteiger partial charge in [0.1, 0.15) is 30.2 Å². The maximum absolute atomic E-state index is 14.3. The predicted octanol–water partition coefficient (Wildman–Crippen LogP) is 0.558. The first-order chi connectivity index (χ1) is 26.8. The summed E-state index contributed by atoms with van der Waals surface area (Å²) in [5.41, 5.74) is 0. The van der Waals surface area contributed by atoms with E-state index in [1.54, 1.807) is 4.90 Å². The molecule has 0 aromatic rings. The molecule has 0 bridgehead atoms. The normalized spacial score (nSPS) is 23.3. The van der Waals surface area contributed by atoms with Crippen molar-refractivity contribution in [2.24, 2.45) is 11.8 Å². The molecule has 1 aliphatic carbocycles. The summed E-state index contributed by atoms with van der Waals surface area (Å²) in [6.07, 6.45) is 8.33. The first-order valence-corrected chi connectivity index (χ1v) is 21.3. The van der Waals surface area contributed by atoms with Gasteiger partial charge in [0.15, 0.2) is 0 Å². The van der Waals surface area contributed by atoms with Crippen LogP contribution in [0.4, 0.5) is 0 Å². The highest BCUT2D eigenvalue weighted by Gasteiger charge is 2.41. The van der Waals surface area contributed by atoms with Gasteiger partial charge in [0.05, 0.1) is 6.10 Å². The van der Waals surface area contributed by atoms with Gasteiger partial charge in [0, 0.05) is 58.7 Å². The fourth-order valence-corrected chi connectivity index (χ4v) is 8.62. The van der Waals surface area contributed by atoms with E-state index in [9.17, 15) is 38.7 Å². The van der Waals surface area contributed by atoms with E-state index in [2.05, 4.69) is 33.5 Å². The summed E-state index contributed by atoms with van der Waals surface area (Å²) in [4.78, 5) is 99.2. The summed E-state index contributed by atoms with van der Waals surface area (Å²) < 4.78 is 0. The minimum atomic E-state index is -1.19. The minimum absolute atomic E-state index is 0.0792. The number of carbonyl (C=O) groups is 7. The van der Waals surface area contributed by atoms with Crippen molar-refractivity contribution in [2.75, 3.05) is 45.8 Å². The van der Waals surface area contributed by atoms with E-state index in [-0.39, 0.29) is 43.5 Å². The van der Waals surface area contributed by atoms with E-state index in [4.69, 9.17) is 0 Å². The lowest BCUT2D eigenvalue weighted by molar-refractivity contribution is -0.147. The monoisotopic (exact) mass is 789 g/mol. The third-order valence-corrected chi connectivity index (χ3v) is 12.0. The molecule has 4 aliphatic rings. The van der Waals surface area contributed by atoms with E-state index >= 15 is 0 Å². The number of piperidine rings is 1. The van der Waals surface area contributed by atoms with Crippen molar-refractivity contribution in [3.63, 3.8) is 0 Å². The van der Waals surface area contributed by atoms with Crippen molar-refractivity contribution in [3.05, 3.63) is 0 Å². The number of aliphatic hydroxyl groups is 1. The van der Waals surface area contributed by atoms with Crippen LogP contribution in [0.1, 0.15) is 118 Å². The zero-order valence-corrected chi connectivity index (χ0v) is 34.1. The molecule has 0 aromatic carbocycles. The molecule has 316 valence electrons. The fourth-order valence-electron chi connectivity index (χ4n) is 8.62. The van der Waals surface area contributed by atoms with E-state index in [1.165, 1.54) is 30.1 Å². The average Bonchev–Trinajstić information content (AvgIpc) is 3.70. The van der Waals surface area contributed by atoms with E-state index in [0.29, 0.717) is 83.7 Å². The van der Waals surface area contributed by atoms with Crippen LogP contribution in [-0.4, -0.2) is 143 Å². The summed E-state index contributed by atoms with van der Waals surface area (Å²) in [6, 6.07) is -4.97. The Kier molecular flexibility index (Phi) is 17.8. The van der Waals surface area contributed by atoms with Crippen LogP contribution in [0.3, 0.4) is 0 Å². The number of nitrogens with one attached hydrogen (secondary N) is 5. The van der Waals surface area contributed by atoms with Crippen LogP contribution in [0, 0.1) is 11.8 Å². The largest absolute Gasteiger partial charge is 0.391 e. The fraction of sp³-hybridized carbons (Fsp3) is 0.825. The lowest BCUT2D eigenvalue weighted by Gasteiger charge is -2.38. The van der Waals surface area contributed by atoms with Gasteiger partial charge in [0.2, 0.25) is 41.4 Å². The molecule has 0 unspecified atom stereocenters. The molecule has 3 saturated heterocycles. The van der Waals surface area contributed by atoms with Gasteiger partial charge in [-0.15, -0.1) is 0 Å². The van der Waals surface area contributed by atoms with Crippen LogP contribution < -0.4 is 26.6 Å². The van der Waals surface area contributed by atoms with Crippen LogP contribution in [-0.2, 0) is 33.6 Å². The Morgan fingerprint density at radius 3 is 2.00 bits per heavy atom. The summed E-state index contributed by atoms with van der Waals surface area (Å²) in [7, 11) is 0. The van der Waals surface area contributed by atoms with Gasteiger partial charge in [-0.3, -0.25) is 33.6 Å². The molecule has 6 N–H and O–H groups in total. The van der Waals surface area contributed by atoms with Crippen molar-refractivity contribution in [3.8, 4) is 0 Å². The molecule has 7 amide bonds. The summed E-state index contributed by atoms with van der Waals surface area (Å²) in [5, 5.41) is 24.5. The molecule has 7 atom stereocenters. The molecule has 4 fully saturated rings. The minimum Gasteiger partial charge on any atom is -0.391 e. The molecule has 0 aromatic heterocycles. The molecule has 3 aliphatic heterocycles.